The summed E-state index contributed by atoms with van der Waals surface area (Å²) in [6.45, 7) is 7.35. The van der Waals surface area contributed by atoms with E-state index in [9.17, 15) is 0 Å². The van der Waals surface area contributed by atoms with Crippen LogP contribution in [0.2, 0.25) is 5.02 Å². The van der Waals surface area contributed by atoms with Crippen LogP contribution in [-0.4, -0.2) is 12.6 Å². The predicted molar refractivity (Wildman–Crippen MR) is 73.0 cm³/mol. The Bertz CT molecular complexity index is 356. The first kappa shape index (κ1) is 13.3. The summed E-state index contributed by atoms with van der Waals surface area (Å²) in [6, 6.07) is 6.70. The van der Waals surface area contributed by atoms with Gasteiger partial charge in [0.15, 0.2) is 0 Å². The average Bonchev–Trinajstić information content (AvgIpc) is 2.22. The maximum Gasteiger partial charge on any atom is 0.0441 e. The Morgan fingerprint density at radius 1 is 1.38 bits per heavy atom. The molecule has 16 heavy (non-hydrogen) atoms. The van der Waals surface area contributed by atoms with Gasteiger partial charge >= 0.3 is 0 Å². The zero-order valence-corrected chi connectivity index (χ0v) is 11.0. The van der Waals surface area contributed by atoms with Gasteiger partial charge in [-0.2, -0.15) is 0 Å². The first-order valence-corrected chi connectivity index (χ1v) is 6.13. The monoisotopic (exact) mass is 237 g/mol. The molecule has 0 heterocycles. The molecule has 1 rings (SSSR count). The average molecular weight is 238 g/mol. The molecule has 0 aliphatic heterocycles. The number of hydrogen-bond acceptors (Lipinski definition) is 1. The van der Waals surface area contributed by atoms with E-state index in [1.54, 1.807) is 0 Å². The molecule has 0 saturated carbocycles. The second-order valence-electron chi connectivity index (χ2n) is 4.31. The third-order valence-electron chi connectivity index (χ3n) is 2.37. The lowest BCUT2D eigenvalue weighted by atomic mass is 10.1. The molecule has 0 saturated heterocycles. The second-order valence-corrected chi connectivity index (χ2v) is 4.72. The van der Waals surface area contributed by atoms with Crippen LogP contribution in [0.25, 0.3) is 6.08 Å². The summed E-state index contributed by atoms with van der Waals surface area (Å²) < 4.78 is 0. The van der Waals surface area contributed by atoms with E-state index in [0.717, 1.165) is 23.6 Å². The van der Waals surface area contributed by atoms with Crippen molar-refractivity contribution >= 4 is 17.7 Å². The molecule has 0 amide bonds. The Balaban J connectivity index is 2.41. The molecule has 1 nitrogen and oxygen atoms in total. The molecule has 1 N–H and O–H groups in total. The van der Waals surface area contributed by atoms with Gasteiger partial charge in [0.2, 0.25) is 0 Å². The zero-order valence-electron chi connectivity index (χ0n) is 10.3. The molecule has 1 aromatic rings. The molecule has 0 unspecified atom stereocenters. The summed E-state index contributed by atoms with van der Waals surface area (Å²) in [5.41, 5.74) is 2.29. The lowest BCUT2D eigenvalue weighted by molar-refractivity contribution is 0.595. The molecule has 88 valence electrons. The molecule has 0 bridgehead atoms. The molecule has 0 aliphatic rings. The van der Waals surface area contributed by atoms with Crippen LogP contribution in [0.3, 0.4) is 0 Å². The van der Waals surface area contributed by atoms with Gasteiger partial charge in [-0.15, -0.1) is 0 Å². The molecule has 0 aromatic heterocycles. The topological polar surface area (TPSA) is 12.0 Å². The van der Waals surface area contributed by atoms with Gasteiger partial charge in [-0.25, -0.2) is 0 Å². The van der Waals surface area contributed by atoms with Gasteiger partial charge in [-0.1, -0.05) is 49.7 Å². The second kappa shape index (κ2) is 6.72. The Hall–Kier alpha value is -0.790. The summed E-state index contributed by atoms with van der Waals surface area (Å²) in [5, 5.41) is 4.21. The van der Waals surface area contributed by atoms with E-state index in [1.807, 2.05) is 19.1 Å². The van der Waals surface area contributed by atoms with Gasteiger partial charge in [0.05, 0.1) is 0 Å². The number of nitrogens with one attached hydrogen (secondary N) is 1. The van der Waals surface area contributed by atoms with E-state index in [4.69, 9.17) is 11.6 Å². The number of halogens is 1. The number of benzene rings is 1. The molecule has 0 aliphatic carbocycles. The van der Waals surface area contributed by atoms with Gasteiger partial charge in [0.25, 0.3) is 0 Å². The first-order chi connectivity index (χ1) is 7.59. The smallest absolute Gasteiger partial charge is 0.0441 e. The maximum atomic E-state index is 6.05. The van der Waals surface area contributed by atoms with Crippen LogP contribution in [0.5, 0.6) is 0 Å². The van der Waals surface area contributed by atoms with E-state index >= 15 is 0 Å². The Kier molecular flexibility index (Phi) is 5.58. The van der Waals surface area contributed by atoms with E-state index in [-0.39, 0.29) is 0 Å². The number of rotatable bonds is 5. The van der Waals surface area contributed by atoms with Gasteiger partial charge in [-0.3, -0.25) is 0 Å². The van der Waals surface area contributed by atoms with Crippen LogP contribution in [0, 0.1) is 6.92 Å². The quantitative estimate of drug-likeness (QED) is 0.762. The summed E-state index contributed by atoms with van der Waals surface area (Å²) in [6.07, 6.45) is 5.34. The van der Waals surface area contributed by atoms with Crippen LogP contribution in [-0.2, 0) is 0 Å². The SMILES string of the molecule is Cc1ccc(/C=C/CCNC(C)C)cc1Cl. The maximum absolute atomic E-state index is 6.05. The fourth-order valence-corrected chi connectivity index (χ4v) is 1.58. The highest BCUT2D eigenvalue weighted by Gasteiger charge is 1.94. The lowest BCUT2D eigenvalue weighted by Gasteiger charge is -2.05. The van der Waals surface area contributed by atoms with Crippen LogP contribution < -0.4 is 5.32 Å². The Morgan fingerprint density at radius 3 is 2.75 bits per heavy atom. The minimum Gasteiger partial charge on any atom is -0.314 e. The van der Waals surface area contributed by atoms with Gasteiger partial charge < -0.3 is 5.32 Å². The standard InChI is InChI=1S/C14H20ClN/c1-11(2)16-9-5-4-6-13-8-7-12(3)14(15)10-13/h4,6-8,10-11,16H,5,9H2,1-3H3/b6-4+. The Labute approximate surface area is 104 Å². The minimum atomic E-state index is 0.558. The highest BCUT2D eigenvalue weighted by atomic mass is 35.5. The van der Waals surface area contributed by atoms with Crippen molar-refractivity contribution in [2.45, 2.75) is 33.2 Å². The Morgan fingerprint density at radius 2 is 2.12 bits per heavy atom. The molecule has 1 aromatic carbocycles. The van der Waals surface area contributed by atoms with Crippen molar-refractivity contribution in [3.63, 3.8) is 0 Å². The third kappa shape index (κ3) is 4.82. The van der Waals surface area contributed by atoms with E-state index in [2.05, 4.69) is 37.4 Å². The molecule has 0 atom stereocenters. The molecule has 0 radical (unpaired) electrons. The van der Waals surface area contributed by atoms with Crippen LogP contribution in [0.1, 0.15) is 31.4 Å². The van der Waals surface area contributed by atoms with Gasteiger partial charge in [0.1, 0.15) is 0 Å². The summed E-state index contributed by atoms with van der Waals surface area (Å²) in [7, 11) is 0. The molecular formula is C14H20ClN. The third-order valence-corrected chi connectivity index (χ3v) is 2.78. The van der Waals surface area contributed by atoms with Crippen molar-refractivity contribution in [1.29, 1.82) is 0 Å². The zero-order chi connectivity index (χ0) is 12.0. The van der Waals surface area contributed by atoms with E-state index in [1.165, 1.54) is 5.56 Å². The highest BCUT2D eigenvalue weighted by Crippen LogP contribution is 2.17. The number of aryl methyl sites for hydroxylation is 1. The lowest BCUT2D eigenvalue weighted by Crippen LogP contribution is -2.23. The van der Waals surface area contributed by atoms with Crippen molar-refractivity contribution in [2.75, 3.05) is 6.54 Å². The van der Waals surface area contributed by atoms with Crippen molar-refractivity contribution in [1.82, 2.24) is 5.32 Å². The van der Waals surface area contributed by atoms with Crippen LogP contribution in [0.4, 0.5) is 0 Å². The molecular weight excluding hydrogens is 218 g/mol. The largest absolute Gasteiger partial charge is 0.314 e. The van der Waals surface area contributed by atoms with E-state index < -0.39 is 0 Å². The van der Waals surface area contributed by atoms with Gasteiger partial charge in [-0.05, 0) is 37.1 Å². The van der Waals surface area contributed by atoms with Gasteiger partial charge in [0, 0.05) is 11.1 Å². The first-order valence-electron chi connectivity index (χ1n) is 5.75. The highest BCUT2D eigenvalue weighted by molar-refractivity contribution is 6.31. The summed E-state index contributed by atoms with van der Waals surface area (Å²) >= 11 is 6.05. The fraction of sp³-hybridized carbons (Fsp3) is 0.429. The molecule has 0 fully saturated rings. The normalized spacial score (nSPS) is 11.6. The van der Waals surface area contributed by atoms with Crippen molar-refractivity contribution in [2.24, 2.45) is 0 Å². The number of hydrogen-bond donors (Lipinski definition) is 1. The van der Waals surface area contributed by atoms with Crippen LogP contribution in [0.15, 0.2) is 24.3 Å². The fourth-order valence-electron chi connectivity index (χ4n) is 1.39. The summed E-state index contributed by atoms with van der Waals surface area (Å²) in [5.74, 6) is 0. The van der Waals surface area contributed by atoms with Crippen LogP contribution >= 0.6 is 11.6 Å². The van der Waals surface area contributed by atoms with Crippen molar-refractivity contribution < 1.29 is 0 Å². The molecule has 0 spiro atoms. The van der Waals surface area contributed by atoms with E-state index in [0.29, 0.717) is 6.04 Å². The van der Waals surface area contributed by atoms with Crippen molar-refractivity contribution in [3.8, 4) is 0 Å². The van der Waals surface area contributed by atoms with Crippen molar-refractivity contribution in [3.05, 3.63) is 40.4 Å². The minimum absolute atomic E-state index is 0.558. The predicted octanol–water partition coefficient (Wildman–Crippen LogP) is 4.05. The molecule has 2 heteroatoms. The summed E-state index contributed by atoms with van der Waals surface area (Å²) in [4.78, 5) is 0.